The molecule has 6 nitrogen and oxygen atoms in total. The summed E-state index contributed by atoms with van der Waals surface area (Å²) in [5.41, 5.74) is -1.22. The number of nitrogens with one attached hydrogen (secondary N) is 2. The molecule has 2 N–H and O–H groups in total. The largest absolute Gasteiger partial charge is 0.416 e. The predicted molar refractivity (Wildman–Crippen MR) is 91.5 cm³/mol. The number of halogens is 3. The van der Waals surface area contributed by atoms with Crippen LogP contribution < -0.4 is 11.2 Å². The van der Waals surface area contributed by atoms with E-state index in [9.17, 15) is 27.6 Å². The van der Waals surface area contributed by atoms with Crippen molar-refractivity contribution in [3.63, 3.8) is 0 Å². The number of benzene rings is 1. The molecule has 0 radical (unpaired) electrons. The maximum atomic E-state index is 12.6. The molecular formula is C18H18F3N3O3. The van der Waals surface area contributed by atoms with Crippen LogP contribution >= 0.6 is 0 Å². The topological polar surface area (TPSA) is 86.0 Å². The van der Waals surface area contributed by atoms with Crippen LogP contribution in [-0.2, 0) is 12.7 Å². The van der Waals surface area contributed by atoms with Crippen LogP contribution in [0.4, 0.5) is 13.2 Å². The molecule has 27 heavy (non-hydrogen) atoms. The number of hydrogen-bond acceptors (Lipinski definition) is 4. The summed E-state index contributed by atoms with van der Waals surface area (Å²) in [6, 6.07) is 4.23. The van der Waals surface area contributed by atoms with Gasteiger partial charge >= 0.3 is 11.9 Å². The summed E-state index contributed by atoms with van der Waals surface area (Å²) in [5.74, 6) is -0.555. The van der Waals surface area contributed by atoms with Crippen molar-refractivity contribution in [2.24, 2.45) is 5.92 Å². The van der Waals surface area contributed by atoms with Gasteiger partial charge in [-0.1, -0.05) is 12.1 Å². The Morgan fingerprint density at radius 3 is 2.52 bits per heavy atom. The summed E-state index contributed by atoms with van der Waals surface area (Å²) in [7, 11) is 0. The zero-order valence-corrected chi connectivity index (χ0v) is 14.3. The fraction of sp³-hybridized carbons (Fsp3) is 0.389. The fourth-order valence-electron chi connectivity index (χ4n) is 3.27. The lowest BCUT2D eigenvalue weighted by atomic mass is 9.89. The highest BCUT2D eigenvalue weighted by Gasteiger charge is 2.31. The van der Waals surface area contributed by atoms with Crippen molar-refractivity contribution in [1.29, 1.82) is 0 Å². The summed E-state index contributed by atoms with van der Waals surface area (Å²) in [6.07, 6.45) is -1.72. The van der Waals surface area contributed by atoms with Gasteiger partial charge in [-0.25, -0.2) is 4.79 Å². The number of H-pyrrole nitrogens is 2. The molecule has 3 rings (SSSR count). The second-order valence-electron chi connectivity index (χ2n) is 6.61. The summed E-state index contributed by atoms with van der Waals surface area (Å²) in [6.45, 7) is 1.37. The van der Waals surface area contributed by atoms with E-state index in [1.54, 1.807) is 0 Å². The second-order valence-corrected chi connectivity index (χ2v) is 6.61. The molecular weight excluding hydrogens is 363 g/mol. The number of rotatable bonds is 4. The number of carbonyl (C=O) groups is 1. The zero-order chi connectivity index (χ0) is 19.6. The fourth-order valence-corrected chi connectivity index (χ4v) is 3.27. The van der Waals surface area contributed by atoms with Crippen molar-refractivity contribution in [3.8, 4) is 0 Å². The number of hydrogen-bond donors (Lipinski definition) is 2. The lowest BCUT2D eigenvalue weighted by molar-refractivity contribution is -0.137. The smallest absolute Gasteiger partial charge is 0.314 e. The molecule has 144 valence electrons. The Labute approximate surface area is 152 Å². The van der Waals surface area contributed by atoms with E-state index < -0.39 is 23.0 Å². The van der Waals surface area contributed by atoms with Gasteiger partial charge in [0, 0.05) is 36.3 Å². The van der Waals surface area contributed by atoms with E-state index in [2.05, 4.69) is 9.97 Å². The molecule has 1 aliphatic rings. The lowest BCUT2D eigenvalue weighted by Crippen LogP contribution is -2.40. The Bertz CT molecular complexity index is 932. The number of alkyl halides is 3. The number of aromatic nitrogens is 2. The van der Waals surface area contributed by atoms with E-state index in [0.717, 1.165) is 18.6 Å². The molecule has 1 aromatic carbocycles. The molecule has 1 saturated heterocycles. The minimum absolute atomic E-state index is 0.205. The first-order chi connectivity index (χ1) is 12.7. The quantitative estimate of drug-likeness (QED) is 0.795. The minimum atomic E-state index is -4.44. The van der Waals surface area contributed by atoms with Crippen LogP contribution in [0.1, 0.15) is 34.3 Å². The van der Waals surface area contributed by atoms with Crippen LogP contribution in [0.5, 0.6) is 0 Å². The average Bonchev–Trinajstić information content (AvgIpc) is 2.63. The maximum absolute atomic E-state index is 12.6. The third kappa shape index (κ3) is 4.54. The van der Waals surface area contributed by atoms with E-state index in [1.807, 2.05) is 4.90 Å². The van der Waals surface area contributed by atoms with Crippen LogP contribution in [0.2, 0.25) is 0 Å². The number of aromatic amines is 2. The summed E-state index contributed by atoms with van der Waals surface area (Å²) < 4.78 is 37.9. The van der Waals surface area contributed by atoms with Gasteiger partial charge < -0.3 is 4.98 Å². The molecule has 0 spiro atoms. The van der Waals surface area contributed by atoms with Gasteiger partial charge in [-0.15, -0.1) is 0 Å². The highest BCUT2D eigenvalue weighted by molar-refractivity contribution is 5.98. The van der Waals surface area contributed by atoms with E-state index in [4.69, 9.17) is 0 Å². The zero-order valence-electron chi connectivity index (χ0n) is 14.3. The van der Waals surface area contributed by atoms with Gasteiger partial charge in [0.25, 0.3) is 5.56 Å². The van der Waals surface area contributed by atoms with Gasteiger partial charge in [-0.2, -0.15) is 13.2 Å². The van der Waals surface area contributed by atoms with Gasteiger partial charge in [0.1, 0.15) is 0 Å². The Kier molecular flexibility index (Phi) is 5.31. The maximum Gasteiger partial charge on any atom is 0.416 e. The van der Waals surface area contributed by atoms with E-state index in [-0.39, 0.29) is 23.8 Å². The molecule has 0 saturated carbocycles. The Hall–Kier alpha value is -2.68. The Balaban J connectivity index is 1.69. The molecule has 2 heterocycles. The lowest BCUT2D eigenvalue weighted by Gasteiger charge is -2.31. The van der Waals surface area contributed by atoms with Crippen LogP contribution in [0.3, 0.4) is 0 Å². The molecule has 0 aliphatic carbocycles. The van der Waals surface area contributed by atoms with Gasteiger partial charge in [0.05, 0.1) is 5.56 Å². The van der Waals surface area contributed by atoms with Crippen molar-refractivity contribution >= 4 is 5.78 Å². The highest BCUT2D eigenvalue weighted by Crippen LogP contribution is 2.30. The molecule has 0 amide bonds. The van der Waals surface area contributed by atoms with Gasteiger partial charge in [0.15, 0.2) is 5.78 Å². The van der Waals surface area contributed by atoms with E-state index in [0.29, 0.717) is 25.1 Å². The van der Waals surface area contributed by atoms with Crippen molar-refractivity contribution in [1.82, 2.24) is 14.9 Å². The van der Waals surface area contributed by atoms with Gasteiger partial charge in [0.2, 0.25) is 0 Å². The first kappa shape index (κ1) is 19.1. The minimum Gasteiger partial charge on any atom is -0.314 e. The molecule has 1 aromatic heterocycles. The van der Waals surface area contributed by atoms with Crippen molar-refractivity contribution < 1.29 is 18.0 Å². The number of likely N-dealkylation sites (tertiary alicyclic amines) is 1. The number of piperidine rings is 1. The molecule has 0 unspecified atom stereocenters. The third-order valence-electron chi connectivity index (χ3n) is 4.66. The average molecular weight is 381 g/mol. The monoisotopic (exact) mass is 381 g/mol. The summed E-state index contributed by atoms with van der Waals surface area (Å²) in [4.78, 5) is 42.0. The second kappa shape index (κ2) is 7.51. The van der Waals surface area contributed by atoms with Crippen molar-refractivity contribution in [2.75, 3.05) is 13.1 Å². The first-order valence-electron chi connectivity index (χ1n) is 8.49. The molecule has 2 aromatic rings. The molecule has 0 bridgehead atoms. The van der Waals surface area contributed by atoms with Crippen LogP contribution in [0.25, 0.3) is 0 Å². The summed E-state index contributed by atoms with van der Waals surface area (Å²) >= 11 is 0. The number of Topliss-reactive ketones (excluding diaryl/α,β-unsaturated/α-hetero) is 1. The molecule has 1 atom stereocenters. The molecule has 9 heteroatoms. The van der Waals surface area contributed by atoms with Crippen LogP contribution in [-0.4, -0.2) is 33.7 Å². The standard InChI is InChI=1S/C18H18F3N3O3/c19-18(20,21)14-5-3-11(4-6-14)15(25)12-2-1-7-24(9-12)10-13-8-22-17(27)23-16(13)26/h3-6,8,12H,1-2,7,9-10H2,(H2,22,23,26,27)/t12-/m1/s1. The van der Waals surface area contributed by atoms with Crippen molar-refractivity contribution in [3.05, 3.63) is 68.0 Å². The van der Waals surface area contributed by atoms with Gasteiger partial charge in [-0.3, -0.25) is 19.5 Å². The number of carbonyl (C=O) groups excluding carboxylic acids is 1. The highest BCUT2D eigenvalue weighted by atomic mass is 19.4. The van der Waals surface area contributed by atoms with Crippen LogP contribution in [0, 0.1) is 5.92 Å². The van der Waals surface area contributed by atoms with E-state index >= 15 is 0 Å². The molecule has 1 aliphatic heterocycles. The number of ketones is 1. The Morgan fingerprint density at radius 2 is 1.89 bits per heavy atom. The third-order valence-corrected chi connectivity index (χ3v) is 4.66. The Morgan fingerprint density at radius 1 is 1.19 bits per heavy atom. The first-order valence-corrected chi connectivity index (χ1v) is 8.49. The van der Waals surface area contributed by atoms with E-state index in [1.165, 1.54) is 18.3 Å². The van der Waals surface area contributed by atoms with Gasteiger partial charge in [-0.05, 0) is 31.5 Å². The normalized spacial score (nSPS) is 18.4. The van der Waals surface area contributed by atoms with Crippen molar-refractivity contribution in [2.45, 2.75) is 25.6 Å². The SMILES string of the molecule is O=C(c1ccc(C(F)(F)F)cc1)[C@@H]1CCCN(Cc2c[nH]c(=O)[nH]c2=O)C1. The molecule has 1 fully saturated rings. The number of nitrogens with zero attached hydrogens (tertiary/aromatic N) is 1. The predicted octanol–water partition coefficient (Wildman–Crippen LogP) is 2.18. The van der Waals surface area contributed by atoms with Crippen LogP contribution in [0.15, 0.2) is 40.1 Å². The summed E-state index contributed by atoms with van der Waals surface area (Å²) in [5, 5.41) is 0.